The summed E-state index contributed by atoms with van der Waals surface area (Å²) in [5.74, 6) is 3.52. The lowest BCUT2D eigenvalue weighted by Crippen LogP contribution is -2.16. The molecule has 114 valence electrons. The van der Waals surface area contributed by atoms with Gasteiger partial charge in [-0.2, -0.15) is 0 Å². The van der Waals surface area contributed by atoms with Gasteiger partial charge in [0.05, 0.1) is 6.20 Å². The molecule has 2 N–H and O–H groups in total. The van der Waals surface area contributed by atoms with Crippen molar-refractivity contribution >= 4 is 17.3 Å². The third kappa shape index (κ3) is 3.28. The van der Waals surface area contributed by atoms with E-state index in [4.69, 9.17) is 0 Å². The first-order chi connectivity index (χ1) is 10.3. The zero-order valence-corrected chi connectivity index (χ0v) is 13.0. The zero-order valence-electron chi connectivity index (χ0n) is 13.0. The van der Waals surface area contributed by atoms with Crippen molar-refractivity contribution in [1.29, 1.82) is 0 Å². The lowest BCUT2D eigenvalue weighted by atomic mass is 9.81. The Labute approximate surface area is 126 Å². The van der Waals surface area contributed by atoms with Crippen molar-refractivity contribution in [2.75, 3.05) is 24.2 Å². The highest BCUT2D eigenvalue weighted by atomic mass is 15.1. The quantitative estimate of drug-likeness (QED) is 0.885. The van der Waals surface area contributed by atoms with E-state index in [0.29, 0.717) is 0 Å². The van der Waals surface area contributed by atoms with Crippen molar-refractivity contribution in [1.82, 2.24) is 14.4 Å². The van der Waals surface area contributed by atoms with E-state index in [9.17, 15) is 0 Å². The maximum Gasteiger partial charge on any atom is 0.180 e. The third-order valence-electron chi connectivity index (χ3n) is 4.61. The molecule has 0 saturated heterocycles. The molecule has 5 nitrogen and oxygen atoms in total. The Kier molecular flexibility index (Phi) is 4.27. The van der Waals surface area contributed by atoms with Crippen LogP contribution in [0.3, 0.4) is 0 Å². The Hall–Kier alpha value is -1.78. The molecule has 0 aromatic carbocycles. The largest absolute Gasteiger partial charge is 0.372 e. The van der Waals surface area contributed by atoms with Crippen molar-refractivity contribution in [2.24, 2.45) is 11.8 Å². The SMILES string of the molecule is CNc1cn2ccnc2c(NCCC2CCC(C)CC2)n1. The summed E-state index contributed by atoms with van der Waals surface area (Å²) in [5, 5.41) is 6.57. The van der Waals surface area contributed by atoms with Gasteiger partial charge in [-0.1, -0.05) is 32.6 Å². The Morgan fingerprint density at radius 2 is 2.10 bits per heavy atom. The molecular formula is C16H25N5. The number of nitrogens with zero attached hydrogens (tertiary/aromatic N) is 3. The highest BCUT2D eigenvalue weighted by Gasteiger charge is 2.18. The second-order valence-electron chi connectivity index (χ2n) is 6.22. The second kappa shape index (κ2) is 6.33. The maximum absolute atomic E-state index is 4.58. The van der Waals surface area contributed by atoms with Gasteiger partial charge in [0.1, 0.15) is 5.82 Å². The van der Waals surface area contributed by atoms with Crippen LogP contribution in [0.2, 0.25) is 0 Å². The van der Waals surface area contributed by atoms with Crippen LogP contribution in [0.1, 0.15) is 39.0 Å². The third-order valence-corrected chi connectivity index (χ3v) is 4.61. The average molecular weight is 287 g/mol. The second-order valence-corrected chi connectivity index (χ2v) is 6.22. The molecule has 1 saturated carbocycles. The van der Waals surface area contributed by atoms with Crippen LogP contribution in [0, 0.1) is 11.8 Å². The van der Waals surface area contributed by atoms with Gasteiger partial charge in [0.2, 0.25) is 0 Å². The molecule has 0 aliphatic heterocycles. The molecule has 0 atom stereocenters. The monoisotopic (exact) mass is 287 g/mol. The minimum absolute atomic E-state index is 0.856. The van der Waals surface area contributed by atoms with Crippen molar-refractivity contribution in [3.8, 4) is 0 Å². The van der Waals surface area contributed by atoms with E-state index >= 15 is 0 Å². The van der Waals surface area contributed by atoms with Gasteiger partial charge in [0, 0.05) is 26.0 Å². The van der Waals surface area contributed by atoms with Crippen LogP contribution in [0.5, 0.6) is 0 Å². The summed E-state index contributed by atoms with van der Waals surface area (Å²) in [4.78, 5) is 8.96. The van der Waals surface area contributed by atoms with Gasteiger partial charge in [-0.15, -0.1) is 0 Å². The van der Waals surface area contributed by atoms with Gasteiger partial charge in [-0.25, -0.2) is 9.97 Å². The highest BCUT2D eigenvalue weighted by Crippen LogP contribution is 2.30. The fourth-order valence-corrected chi connectivity index (χ4v) is 3.18. The minimum Gasteiger partial charge on any atom is -0.372 e. The van der Waals surface area contributed by atoms with Crippen LogP contribution in [-0.2, 0) is 0 Å². The summed E-state index contributed by atoms with van der Waals surface area (Å²) in [6.45, 7) is 3.35. The van der Waals surface area contributed by atoms with E-state index < -0.39 is 0 Å². The van der Waals surface area contributed by atoms with E-state index in [2.05, 4.69) is 27.5 Å². The first-order valence-electron chi connectivity index (χ1n) is 8.01. The van der Waals surface area contributed by atoms with Crippen molar-refractivity contribution in [2.45, 2.75) is 39.0 Å². The molecule has 0 radical (unpaired) electrons. The van der Waals surface area contributed by atoms with Crippen molar-refractivity contribution in [3.05, 3.63) is 18.6 Å². The molecule has 1 aliphatic rings. The molecule has 21 heavy (non-hydrogen) atoms. The van der Waals surface area contributed by atoms with Gasteiger partial charge in [0.15, 0.2) is 11.5 Å². The molecule has 5 heteroatoms. The predicted octanol–water partition coefficient (Wildman–Crippen LogP) is 3.40. The molecule has 0 amide bonds. The summed E-state index contributed by atoms with van der Waals surface area (Å²) in [6.07, 6.45) is 12.5. The lowest BCUT2D eigenvalue weighted by molar-refractivity contribution is 0.282. The average Bonchev–Trinajstić information content (AvgIpc) is 2.97. The number of rotatable bonds is 5. The first-order valence-corrected chi connectivity index (χ1v) is 8.01. The molecule has 2 aromatic rings. The molecule has 0 bridgehead atoms. The maximum atomic E-state index is 4.58. The first kappa shape index (κ1) is 14.2. The van der Waals surface area contributed by atoms with Crippen LogP contribution < -0.4 is 10.6 Å². The molecule has 1 fully saturated rings. The van der Waals surface area contributed by atoms with Crippen LogP contribution in [-0.4, -0.2) is 28.0 Å². The number of anilines is 2. The summed E-state index contributed by atoms with van der Waals surface area (Å²) in [7, 11) is 1.89. The molecule has 0 unspecified atom stereocenters. The van der Waals surface area contributed by atoms with E-state index in [1.54, 1.807) is 0 Å². The summed E-state index contributed by atoms with van der Waals surface area (Å²) in [6, 6.07) is 0. The molecule has 2 aromatic heterocycles. The normalized spacial score (nSPS) is 22.4. The lowest BCUT2D eigenvalue weighted by Gasteiger charge is -2.26. The number of hydrogen-bond donors (Lipinski definition) is 2. The van der Waals surface area contributed by atoms with E-state index in [0.717, 1.165) is 35.7 Å². The Morgan fingerprint density at radius 1 is 1.29 bits per heavy atom. The van der Waals surface area contributed by atoms with Gasteiger partial charge in [0.25, 0.3) is 0 Å². The number of aromatic nitrogens is 3. The number of fused-ring (bicyclic) bond motifs is 1. The Balaban J connectivity index is 1.61. The molecule has 1 aliphatic carbocycles. The summed E-state index contributed by atoms with van der Waals surface area (Å²) >= 11 is 0. The molecule has 2 heterocycles. The number of imidazole rings is 1. The summed E-state index contributed by atoms with van der Waals surface area (Å²) in [5.41, 5.74) is 0.895. The van der Waals surface area contributed by atoms with Gasteiger partial charge < -0.3 is 15.0 Å². The van der Waals surface area contributed by atoms with Crippen LogP contribution in [0.4, 0.5) is 11.6 Å². The standard InChI is InChI=1S/C16H25N5/c1-12-3-5-13(6-4-12)7-8-18-15-16-19-9-10-21(16)11-14(17-2)20-15/h9-13,17H,3-8H2,1-2H3,(H,18,20). The Morgan fingerprint density at radius 3 is 2.86 bits per heavy atom. The van der Waals surface area contributed by atoms with Gasteiger partial charge in [-0.05, 0) is 18.3 Å². The van der Waals surface area contributed by atoms with Crippen molar-refractivity contribution < 1.29 is 0 Å². The topological polar surface area (TPSA) is 54.2 Å². The van der Waals surface area contributed by atoms with E-state index in [1.165, 1.54) is 32.1 Å². The zero-order chi connectivity index (χ0) is 14.7. The number of hydrogen-bond acceptors (Lipinski definition) is 4. The van der Waals surface area contributed by atoms with Crippen LogP contribution in [0.25, 0.3) is 5.65 Å². The minimum atomic E-state index is 0.856. The molecular weight excluding hydrogens is 262 g/mol. The van der Waals surface area contributed by atoms with Crippen molar-refractivity contribution in [3.63, 3.8) is 0 Å². The molecule has 3 rings (SSSR count). The highest BCUT2D eigenvalue weighted by molar-refractivity contribution is 5.65. The van der Waals surface area contributed by atoms with Gasteiger partial charge in [-0.3, -0.25) is 0 Å². The van der Waals surface area contributed by atoms with E-state index in [1.807, 2.05) is 30.0 Å². The fraction of sp³-hybridized carbons (Fsp3) is 0.625. The van der Waals surface area contributed by atoms with Crippen LogP contribution in [0.15, 0.2) is 18.6 Å². The predicted molar refractivity (Wildman–Crippen MR) is 86.8 cm³/mol. The van der Waals surface area contributed by atoms with Gasteiger partial charge >= 0.3 is 0 Å². The molecule has 0 spiro atoms. The van der Waals surface area contributed by atoms with E-state index in [-0.39, 0.29) is 0 Å². The Bertz CT molecular complexity index is 583. The smallest absolute Gasteiger partial charge is 0.180 e. The summed E-state index contributed by atoms with van der Waals surface area (Å²) < 4.78 is 2.00. The number of nitrogens with one attached hydrogen (secondary N) is 2. The fourth-order valence-electron chi connectivity index (χ4n) is 3.18. The van der Waals surface area contributed by atoms with Crippen LogP contribution >= 0.6 is 0 Å².